The maximum atomic E-state index is 9.99. The summed E-state index contributed by atoms with van der Waals surface area (Å²) in [6, 6.07) is 0. The van der Waals surface area contributed by atoms with E-state index >= 15 is 0 Å². The van der Waals surface area contributed by atoms with Gasteiger partial charge in [0.15, 0.2) is 0 Å². The number of hydrogen-bond donors (Lipinski definition) is 0. The molecule has 0 aliphatic carbocycles. The fourth-order valence-electron chi connectivity index (χ4n) is 3.99. The van der Waals surface area contributed by atoms with Crippen LogP contribution in [0.25, 0.3) is 0 Å². The molecule has 0 atom stereocenters. The molecular weight excluding hydrogens is 652 g/mol. The van der Waals surface area contributed by atoms with Crippen LogP contribution in [0.1, 0.15) is 184 Å². The number of carboxylic acids is 4. The summed E-state index contributed by atoms with van der Waals surface area (Å²) < 4.78 is 0. The minimum atomic E-state index is -0.922. The fraction of sp³-hybridized carbons (Fsp3) is 0.889. The van der Waals surface area contributed by atoms with Crippen molar-refractivity contribution in [2.45, 2.75) is 184 Å². The molecule has 0 aliphatic rings. The maximum absolute atomic E-state index is 9.99. The summed E-state index contributed by atoms with van der Waals surface area (Å²) in [6.07, 6.45) is 17.4. The Bertz CT molecular complexity index is 551. The van der Waals surface area contributed by atoms with Crippen LogP contribution in [0.15, 0.2) is 0 Å². The summed E-state index contributed by atoms with van der Waals surface area (Å²) >= 11 is 0. The smallest absolute Gasteiger partial charge is 0.550 e. The molecule has 0 saturated carbocycles. The molecular formula is C36H68O8Zr. The van der Waals surface area contributed by atoms with Crippen molar-refractivity contribution in [1.29, 1.82) is 0 Å². The zero-order valence-electron chi connectivity index (χ0n) is 30.2. The molecule has 0 rings (SSSR count). The Morgan fingerprint density at radius 1 is 0.333 bits per heavy atom. The third kappa shape index (κ3) is 75.1. The van der Waals surface area contributed by atoms with Crippen LogP contribution >= 0.6 is 0 Å². The van der Waals surface area contributed by atoms with Gasteiger partial charge in [-0.15, -0.1) is 0 Å². The van der Waals surface area contributed by atoms with E-state index < -0.39 is 23.9 Å². The summed E-state index contributed by atoms with van der Waals surface area (Å²) in [5, 5.41) is 39.9. The van der Waals surface area contributed by atoms with Crippen molar-refractivity contribution in [3.63, 3.8) is 0 Å². The first-order chi connectivity index (χ1) is 20.5. The number of rotatable bonds is 24. The molecule has 0 aromatic rings. The molecule has 0 aromatic heterocycles. The summed E-state index contributed by atoms with van der Waals surface area (Å²) in [4.78, 5) is 39.9. The van der Waals surface area contributed by atoms with Gasteiger partial charge in [-0.1, -0.05) is 132 Å². The van der Waals surface area contributed by atoms with Gasteiger partial charge in [-0.05, 0) is 75.0 Å². The van der Waals surface area contributed by atoms with Crippen molar-refractivity contribution in [2.75, 3.05) is 0 Å². The Hall–Kier alpha value is -1.24. The van der Waals surface area contributed by atoms with E-state index in [9.17, 15) is 39.6 Å². The van der Waals surface area contributed by atoms with Gasteiger partial charge in [-0.3, -0.25) is 0 Å². The molecule has 0 aromatic carbocycles. The van der Waals surface area contributed by atoms with Crippen LogP contribution in [-0.2, 0) is 45.4 Å². The first kappa shape index (κ1) is 53.3. The Morgan fingerprint density at radius 2 is 0.489 bits per heavy atom. The number of carboxylic acid groups (broad SMARTS) is 4. The van der Waals surface area contributed by atoms with E-state index in [2.05, 4.69) is 55.4 Å². The molecule has 9 heteroatoms. The number of hydrogen-bond acceptors (Lipinski definition) is 8. The van der Waals surface area contributed by atoms with Crippen molar-refractivity contribution in [3.05, 3.63) is 0 Å². The van der Waals surface area contributed by atoms with E-state index in [0.29, 0.717) is 0 Å². The van der Waals surface area contributed by atoms with Gasteiger partial charge in [-0.25, -0.2) is 0 Å². The van der Waals surface area contributed by atoms with Gasteiger partial charge in [0.25, 0.3) is 0 Å². The molecule has 0 saturated heterocycles. The van der Waals surface area contributed by atoms with Crippen LogP contribution in [0.2, 0.25) is 0 Å². The van der Waals surface area contributed by atoms with Gasteiger partial charge in [0.1, 0.15) is 0 Å². The molecule has 0 spiro atoms. The summed E-state index contributed by atoms with van der Waals surface area (Å²) in [5.74, 6) is -0.750. The van der Waals surface area contributed by atoms with Crippen molar-refractivity contribution in [1.82, 2.24) is 0 Å². The Balaban J connectivity index is -0.000000157. The molecule has 0 heterocycles. The SMILES string of the molecule is CC(C)CCCCCC(=O)[O-].CC(C)CCCCCC(=O)[O-].CC(C)CCCCCC(=O)[O-].CC(C)CCCCCC(=O)[O-].[Zr+4]. The second kappa shape index (κ2) is 40.8. The largest absolute Gasteiger partial charge is 4.00 e. The van der Waals surface area contributed by atoms with Gasteiger partial charge in [0, 0.05) is 23.9 Å². The van der Waals surface area contributed by atoms with Crippen molar-refractivity contribution >= 4 is 23.9 Å². The van der Waals surface area contributed by atoms with E-state index in [0.717, 1.165) is 101 Å². The van der Waals surface area contributed by atoms with E-state index in [4.69, 9.17) is 0 Å². The minimum absolute atomic E-state index is 0. The number of unbranched alkanes of at least 4 members (excludes halogenated alkanes) is 8. The minimum Gasteiger partial charge on any atom is -0.550 e. The van der Waals surface area contributed by atoms with Gasteiger partial charge in [0.2, 0.25) is 0 Å². The predicted molar refractivity (Wildman–Crippen MR) is 172 cm³/mol. The van der Waals surface area contributed by atoms with Crippen molar-refractivity contribution < 1.29 is 65.8 Å². The first-order valence-corrected chi connectivity index (χ1v) is 17.3. The second-order valence-electron chi connectivity index (χ2n) is 13.5. The molecule has 0 aliphatic heterocycles. The summed E-state index contributed by atoms with van der Waals surface area (Å²) in [7, 11) is 0. The molecule has 45 heavy (non-hydrogen) atoms. The van der Waals surface area contributed by atoms with Gasteiger partial charge in [0.05, 0.1) is 0 Å². The molecule has 0 fully saturated rings. The zero-order chi connectivity index (χ0) is 34.8. The van der Waals surface area contributed by atoms with Crippen LogP contribution in [0.4, 0.5) is 0 Å². The third-order valence-electron chi connectivity index (χ3n) is 6.65. The van der Waals surface area contributed by atoms with Crippen LogP contribution in [0.3, 0.4) is 0 Å². The summed E-state index contributed by atoms with van der Waals surface area (Å²) in [5.41, 5.74) is 0. The Morgan fingerprint density at radius 3 is 0.600 bits per heavy atom. The molecule has 0 radical (unpaired) electrons. The van der Waals surface area contributed by atoms with Gasteiger partial charge in [-0.2, -0.15) is 0 Å². The quantitative estimate of drug-likeness (QED) is 0.120. The predicted octanol–water partition coefficient (Wildman–Crippen LogP) is 5.37. The Labute approximate surface area is 296 Å². The standard InChI is InChI=1S/4C9H18O2.Zr/c4*1-8(2)6-4-3-5-7-9(10)11;/h4*8H,3-7H2,1-2H3,(H,10,11);/q;;;;+4/p-4. The fourth-order valence-corrected chi connectivity index (χ4v) is 3.99. The molecule has 0 bridgehead atoms. The molecule has 8 nitrogen and oxygen atoms in total. The monoisotopic (exact) mass is 718 g/mol. The van der Waals surface area contributed by atoms with E-state index in [-0.39, 0.29) is 51.9 Å². The first-order valence-electron chi connectivity index (χ1n) is 17.3. The topological polar surface area (TPSA) is 161 Å². The number of carbonyl (C=O) groups excluding carboxylic acids is 4. The van der Waals surface area contributed by atoms with Crippen molar-refractivity contribution in [2.24, 2.45) is 23.7 Å². The summed E-state index contributed by atoms with van der Waals surface area (Å²) in [6.45, 7) is 17.4. The zero-order valence-corrected chi connectivity index (χ0v) is 32.7. The average Bonchev–Trinajstić information content (AvgIpc) is 2.87. The molecule has 0 unspecified atom stereocenters. The number of aliphatic carboxylic acids is 4. The van der Waals surface area contributed by atoms with Crippen LogP contribution in [0, 0.1) is 23.7 Å². The molecule has 264 valence electrons. The van der Waals surface area contributed by atoms with Gasteiger partial charge >= 0.3 is 26.2 Å². The van der Waals surface area contributed by atoms with Crippen LogP contribution in [0.5, 0.6) is 0 Å². The Kier molecular flexibility index (Phi) is 48.3. The number of carbonyl (C=O) groups is 4. The second-order valence-corrected chi connectivity index (χ2v) is 13.5. The van der Waals surface area contributed by atoms with Crippen LogP contribution < -0.4 is 20.4 Å². The average molecular weight is 720 g/mol. The van der Waals surface area contributed by atoms with Crippen molar-refractivity contribution in [3.8, 4) is 0 Å². The molecule has 0 amide bonds. The third-order valence-corrected chi connectivity index (χ3v) is 6.65. The van der Waals surface area contributed by atoms with E-state index in [1.54, 1.807) is 0 Å². The van der Waals surface area contributed by atoms with Gasteiger partial charge < -0.3 is 39.6 Å². The van der Waals surface area contributed by atoms with E-state index in [1.807, 2.05) is 0 Å². The maximum Gasteiger partial charge on any atom is 4.00 e. The van der Waals surface area contributed by atoms with E-state index in [1.165, 1.54) is 25.7 Å². The normalized spacial score (nSPS) is 10.2. The van der Waals surface area contributed by atoms with Crippen LogP contribution in [-0.4, -0.2) is 23.9 Å². The molecule has 0 N–H and O–H groups in total.